The molecule has 0 unspecified atom stereocenters. The molecule has 5 nitrogen and oxygen atoms in total. The van der Waals surface area contributed by atoms with Gasteiger partial charge in [0.2, 0.25) is 0 Å². The molecule has 1 amide bonds. The molecule has 3 N–H and O–H groups in total. The van der Waals surface area contributed by atoms with E-state index in [2.05, 4.69) is 10.6 Å². The molecule has 3 rings (SSSR count). The van der Waals surface area contributed by atoms with Crippen molar-refractivity contribution in [3.8, 4) is 11.8 Å². The van der Waals surface area contributed by atoms with Crippen LogP contribution in [0.4, 0.5) is 11.4 Å². The van der Waals surface area contributed by atoms with Crippen molar-refractivity contribution in [2.45, 2.75) is 9.79 Å². The van der Waals surface area contributed by atoms with E-state index >= 15 is 0 Å². The Bertz CT molecular complexity index is 1040. The molecule has 138 valence electrons. The highest BCUT2D eigenvalue weighted by Gasteiger charge is 2.12. The predicted octanol–water partition coefficient (Wildman–Crippen LogP) is 5.00. The summed E-state index contributed by atoms with van der Waals surface area (Å²) in [5.74, 6) is -0.507. The third kappa shape index (κ3) is 4.93. The van der Waals surface area contributed by atoms with Gasteiger partial charge in [-0.2, -0.15) is 5.26 Å². The lowest BCUT2D eigenvalue weighted by Gasteiger charge is -2.10. The lowest BCUT2D eigenvalue weighted by atomic mass is 10.2. The minimum Gasteiger partial charge on any atom is -0.506 e. The fourth-order valence-corrected chi connectivity index (χ4v) is 3.28. The van der Waals surface area contributed by atoms with Crippen LogP contribution >= 0.6 is 11.8 Å². The second kappa shape index (κ2) is 9.31. The summed E-state index contributed by atoms with van der Waals surface area (Å²) in [6.07, 6.45) is 1.28. The molecule has 0 aliphatic rings. The second-order valence-electron chi connectivity index (χ2n) is 5.70. The molecule has 0 aliphatic carbocycles. The van der Waals surface area contributed by atoms with Crippen molar-refractivity contribution in [2.75, 3.05) is 10.6 Å². The molecule has 3 aromatic carbocycles. The van der Waals surface area contributed by atoms with Crippen LogP contribution in [0.25, 0.3) is 0 Å². The average molecular weight is 387 g/mol. The molecule has 0 aliphatic heterocycles. The van der Waals surface area contributed by atoms with Crippen LogP contribution < -0.4 is 10.6 Å². The number of para-hydroxylation sites is 3. The monoisotopic (exact) mass is 387 g/mol. The molecule has 0 bridgehead atoms. The van der Waals surface area contributed by atoms with Crippen molar-refractivity contribution in [2.24, 2.45) is 0 Å². The number of hydrogen-bond donors (Lipinski definition) is 3. The number of hydrogen-bond acceptors (Lipinski definition) is 5. The largest absolute Gasteiger partial charge is 0.506 e. The molecule has 0 fully saturated rings. The topological polar surface area (TPSA) is 85.2 Å². The highest BCUT2D eigenvalue weighted by atomic mass is 32.2. The number of benzene rings is 3. The lowest BCUT2D eigenvalue weighted by Crippen LogP contribution is -2.15. The Morgan fingerprint density at radius 1 is 0.929 bits per heavy atom. The van der Waals surface area contributed by atoms with Crippen LogP contribution in [0.1, 0.15) is 0 Å². The normalized spacial score (nSPS) is 10.8. The predicted molar refractivity (Wildman–Crippen MR) is 111 cm³/mol. The number of carbonyl (C=O) groups excluding carboxylic acids is 1. The first-order chi connectivity index (χ1) is 13.7. The number of phenols is 1. The molecular weight excluding hydrogens is 370 g/mol. The first kappa shape index (κ1) is 19.1. The first-order valence-corrected chi connectivity index (χ1v) is 9.27. The summed E-state index contributed by atoms with van der Waals surface area (Å²) >= 11 is 1.52. The van der Waals surface area contributed by atoms with Gasteiger partial charge in [0.15, 0.2) is 0 Å². The molecule has 0 saturated carbocycles. The maximum atomic E-state index is 12.5. The zero-order valence-corrected chi connectivity index (χ0v) is 15.6. The molecule has 0 saturated heterocycles. The van der Waals surface area contributed by atoms with Gasteiger partial charge in [-0.3, -0.25) is 4.79 Å². The number of aromatic hydroxyl groups is 1. The van der Waals surface area contributed by atoms with Gasteiger partial charge in [-0.05, 0) is 36.4 Å². The molecule has 0 aromatic heterocycles. The Morgan fingerprint density at radius 2 is 1.57 bits per heavy atom. The van der Waals surface area contributed by atoms with Gasteiger partial charge in [-0.15, -0.1) is 0 Å². The summed E-state index contributed by atoms with van der Waals surface area (Å²) in [5.41, 5.74) is 0.913. The highest BCUT2D eigenvalue weighted by molar-refractivity contribution is 7.99. The van der Waals surface area contributed by atoms with Crippen LogP contribution in [-0.4, -0.2) is 11.0 Å². The summed E-state index contributed by atoms with van der Waals surface area (Å²) in [5, 5.41) is 24.7. The van der Waals surface area contributed by atoms with E-state index in [-0.39, 0.29) is 11.3 Å². The van der Waals surface area contributed by atoms with Crippen LogP contribution in [0.3, 0.4) is 0 Å². The van der Waals surface area contributed by atoms with E-state index in [1.54, 1.807) is 24.3 Å². The molecule has 0 heterocycles. The maximum absolute atomic E-state index is 12.5. The first-order valence-electron chi connectivity index (χ1n) is 8.45. The van der Waals surface area contributed by atoms with Gasteiger partial charge >= 0.3 is 0 Å². The fourth-order valence-electron chi connectivity index (χ4n) is 2.36. The van der Waals surface area contributed by atoms with Gasteiger partial charge in [0.05, 0.1) is 11.4 Å². The Morgan fingerprint density at radius 3 is 2.29 bits per heavy atom. The Kier molecular flexibility index (Phi) is 6.34. The van der Waals surface area contributed by atoms with Crippen molar-refractivity contribution in [1.29, 1.82) is 5.26 Å². The average Bonchev–Trinajstić information content (AvgIpc) is 2.72. The van der Waals surface area contributed by atoms with Crippen LogP contribution in [0.15, 0.2) is 100 Å². The van der Waals surface area contributed by atoms with Crippen molar-refractivity contribution in [3.63, 3.8) is 0 Å². The Balaban J connectivity index is 1.75. The number of nitriles is 1. The third-order valence-electron chi connectivity index (χ3n) is 3.75. The third-order valence-corrected chi connectivity index (χ3v) is 4.83. The van der Waals surface area contributed by atoms with E-state index in [9.17, 15) is 15.2 Å². The van der Waals surface area contributed by atoms with Gasteiger partial charge in [0.1, 0.15) is 17.4 Å². The van der Waals surface area contributed by atoms with Crippen LogP contribution in [-0.2, 0) is 4.79 Å². The van der Waals surface area contributed by atoms with E-state index in [0.29, 0.717) is 11.4 Å². The van der Waals surface area contributed by atoms with E-state index in [1.165, 1.54) is 24.0 Å². The van der Waals surface area contributed by atoms with Crippen LogP contribution in [0.2, 0.25) is 0 Å². The molecule has 6 heteroatoms. The summed E-state index contributed by atoms with van der Waals surface area (Å²) in [6, 6.07) is 25.7. The second-order valence-corrected chi connectivity index (χ2v) is 6.81. The van der Waals surface area contributed by atoms with Gasteiger partial charge < -0.3 is 15.7 Å². The van der Waals surface area contributed by atoms with E-state index < -0.39 is 5.91 Å². The minimum absolute atomic E-state index is 0.0288. The van der Waals surface area contributed by atoms with Gasteiger partial charge in [-0.1, -0.05) is 54.2 Å². The quantitative estimate of drug-likeness (QED) is 0.315. The van der Waals surface area contributed by atoms with Crippen molar-refractivity contribution in [1.82, 2.24) is 0 Å². The number of nitrogens with zero attached hydrogens (tertiary/aromatic N) is 1. The number of carbonyl (C=O) groups is 1. The summed E-state index contributed by atoms with van der Waals surface area (Å²) in [6.45, 7) is 0. The highest BCUT2D eigenvalue weighted by Crippen LogP contribution is 2.33. The number of anilines is 2. The van der Waals surface area contributed by atoms with Crippen LogP contribution in [0, 0.1) is 11.3 Å². The number of rotatable bonds is 6. The summed E-state index contributed by atoms with van der Waals surface area (Å²) < 4.78 is 0. The Hall–Kier alpha value is -3.69. The van der Waals surface area contributed by atoms with Crippen molar-refractivity contribution < 1.29 is 9.90 Å². The summed E-state index contributed by atoms with van der Waals surface area (Å²) in [4.78, 5) is 14.5. The number of nitrogens with one attached hydrogen (secondary N) is 2. The van der Waals surface area contributed by atoms with Gasteiger partial charge in [0.25, 0.3) is 5.91 Å². The zero-order chi connectivity index (χ0) is 19.8. The van der Waals surface area contributed by atoms with Crippen molar-refractivity contribution in [3.05, 3.63) is 90.6 Å². The number of phenolic OH excluding ortho intramolecular Hbond substituents is 1. The molecule has 28 heavy (non-hydrogen) atoms. The lowest BCUT2D eigenvalue weighted by molar-refractivity contribution is -0.112. The SMILES string of the molecule is N#C/C(=C/Nc1ccccc1O)C(=O)Nc1ccccc1Sc1ccccc1. The number of amides is 1. The van der Waals surface area contributed by atoms with E-state index in [0.717, 1.165) is 9.79 Å². The smallest absolute Gasteiger partial charge is 0.267 e. The fraction of sp³-hybridized carbons (Fsp3) is 0. The zero-order valence-electron chi connectivity index (χ0n) is 14.8. The van der Waals surface area contributed by atoms with Gasteiger partial charge in [-0.25, -0.2) is 0 Å². The molecular formula is C22H17N3O2S. The summed E-state index contributed by atoms with van der Waals surface area (Å²) in [7, 11) is 0. The van der Waals surface area contributed by atoms with E-state index in [1.807, 2.05) is 54.6 Å². The van der Waals surface area contributed by atoms with E-state index in [4.69, 9.17) is 0 Å². The molecule has 0 radical (unpaired) electrons. The molecule has 0 spiro atoms. The van der Waals surface area contributed by atoms with Crippen molar-refractivity contribution >= 4 is 29.0 Å². The van der Waals surface area contributed by atoms with Crippen LogP contribution in [0.5, 0.6) is 5.75 Å². The van der Waals surface area contributed by atoms with Gasteiger partial charge in [0, 0.05) is 16.0 Å². The standard InChI is InChI=1S/C22H17N3O2S/c23-14-16(15-24-18-10-4-6-12-20(18)26)22(27)25-19-11-5-7-13-21(19)28-17-8-2-1-3-9-17/h1-13,15,24,26H,(H,25,27)/b16-15-. The maximum Gasteiger partial charge on any atom is 0.267 e. The molecule has 3 aromatic rings. The molecule has 0 atom stereocenters. The Labute approximate surface area is 167 Å². The minimum atomic E-state index is -0.536.